The van der Waals surface area contributed by atoms with Gasteiger partial charge in [0.15, 0.2) is 4.80 Å². The molecule has 7 nitrogen and oxygen atoms in total. The van der Waals surface area contributed by atoms with E-state index in [2.05, 4.69) is 4.57 Å². The Morgan fingerprint density at radius 2 is 2.17 bits per heavy atom. The van der Waals surface area contributed by atoms with E-state index < -0.39 is 0 Å². The number of non-ortho nitro benzene ring substituents is 1. The second-order valence-corrected chi connectivity index (χ2v) is 7.58. The van der Waals surface area contributed by atoms with Crippen LogP contribution in [0.2, 0.25) is 0 Å². The summed E-state index contributed by atoms with van der Waals surface area (Å²) in [5.41, 5.74) is 2.49. The Bertz CT molecular complexity index is 1080. The second-order valence-electron chi connectivity index (χ2n) is 6.74. The summed E-state index contributed by atoms with van der Waals surface area (Å²) in [6.45, 7) is 1.41. The Hall–Kier alpha value is -2.97. The van der Waals surface area contributed by atoms with Crippen molar-refractivity contribution in [3.8, 4) is 17.0 Å². The van der Waals surface area contributed by atoms with E-state index >= 15 is 0 Å². The number of aromatic nitrogens is 1. The van der Waals surface area contributed by atoms with Crippen molar-refractivity contribution in [1.82, 2.24) is 4.57 Å². The smallest absolute Gasteiger partial charge is 0.270 e. The maximum Gasteiger partial charge on any atom is 0.270 e. The minimum atomic E-state index is -0.375. The van der Waals surface area contributed by atoms with Gasteiger partial charge in [0, 0.05) is 29.7 Å². The number of nitrogens with zero attached hydrogens (tertiary/aromatic N) is 3. The molecule has 0 spiro atoms. The summed E-state index contributed by atoms with van der Waals surface area (Å²) in [4.78, 5) is 16.5. The third kappa shape index (κ3) is 4.23. The van der Waals surface area contributed by atoms with E-state index in [0.29, 0.717) is 12.3 Å². The molecule has 0 amide bonds. The molecule has 1 atom stereocenters. The SMILES string of the molecule is COc1ccccc1N=c1scc(-c2cccc([N+](=O)[O-])c2)n1CC1CCCO1. The van der Waals surface area contributed by atoms with Crippen LogP contribution in [-0.4, -0.2) is 29.3 Å². The fraction of sp³-hybridized carbons (Fsp3) is 0.286. The lowest BCUT2D eigenvalue weighted by Crippen LogP contribution is -2.24. The van der Waals surface area contributed by atoms with E-state index in [1.807, 2.05) is 35.7 Å². The molecule has 0 N–H and O–H groups in total. The highest BCUT2D eigenvalue weighted by Crippen LogP contribution is 2.28. The van der Waals surface area contributed by atoms with Gasteiger partial charge in [0.2, 0.25) is 0 Å². The highest BCUT2D eigenvalue weighted by molar-refractivity contribution is 7.07. The zero-order valence-electron chi connectivity index (χ0n) is 16.0. The third-order valence-electron chi connectivity index (χ3n) is 4.86. The normalized spacial score (nSPS) is 16.9. The molecular weight excluding hydrogens is 390 g/mol. The van der Waals surface area contributed by atoms with E-state index in [0.717, 1.165) is 41.2 Å². The van der Waals surface area contributed by atoms with Gasteiger partial charge < -0.3 is 14.0 Å². The number of hydrogen-bond acceptors (Lipinski definition) is 6. The Balaban J connectivity index is 1.83. The molecular formula is C21H21N3O4S. The average molecular weight is 411 g/mol. The van der Waals surface area contributed by atoms with Crippen LogP contribution in [0.4, 0.5) is 11.4 Å². The summed E-state index contributed by atoms with van der Waals surface area (Å²) in [6.07, 6.45) is 2.14. The minimum absolute atomic E-state index is 0.0700. The van der Waals surface area contributed by atoms with Crippen LogP contribution in [-0.2, 0) is 11.3 Å². The lowest BCUT2D eigenvalue weighted by molar-refractivity contribution is -0.384. The largest absolute Gasteiger partial charge is 0.494 e. The molecule has 29 heavy (non-hydrogen) atoms. The molecule has 2 aromatic carbocycles. The predicted octanol–water partition coefficient (Wildman–Crippen LogP) is 4.54. The Labute approximate surface area is 172 Å². The molecule has 4 rings (SSSR count). The lowest BCUT2D eigenvalue weighted by atomic mass is 10.1. The fourth-order valence-corrected chi connectivity index (χ4v) is 4.35. The summed E-state index contributed by atoms with van der Waals surface area (Å²) < 4.78 is 13.4. The van der Waals surface area contributed by atoms with Gasteiger partial charge in [0.25, 0.3) is 5.69 Å². The number of thiazole rings is 1. The highest BCUT2D eigenvalue weighted by atomic mass is 32.1. The van der Waals surface area contributed by atoms with Gasteiger partial charge in [-0.1, -0.05) is 24.3 Å². The first-order chi connectivity index (χ1) is 14.2. The molecule has 3 aromatic rings. The molecule has 2 heterocycles. The zero-order valence-corrected chi connectivity index (χ0v) is 16.8. The van der Waals surface area contributed by atoms with Crippen molar-refractivity contribution in [3.63, 3.8) is 0 Å². The number of nitro benzene ring substituents is 1. The number of benzene rings is 2. The summed E-state index contributed by atoms with van der Waals surface area (Å²) in [6, 6.07) is 14.3. The fourth-order valence-electron chi connectivity index (χ4n) is 3.42. The van der Waals surface area contributed by atoms with E-state index in [4.69, 9.17) is 14.5 Å². The van der Waals surface area contributed by atoms with Crippen LogP contribution in [0, 0.1) is 10.1 Å². The molecule has 1 unspecified atom stereocenters. The molecule has 1 aliphatic rings. The van der Waals surface area contributed by atoms with Gasteiger partial charge >= 0.3 is 0 Å². The van der Waals surface area contributed by atoms with Crippen molar-refractivity contribution in [1.29, 1.82) is 0 Å². The number of para-hydroxylation sites is 2. The number of ether oxygens (including phenoxy) is 2. The van der Waals surface area contributed by atoms with Crippen molar-refractivity contribution in [3.05, 3.63) is 68.8 Å². The van der Waals surface area contributed by atoms with Crippen LogP contribution in [0.15, 0.2) is 58.9 Å². The molecule has 1 aromatic heterocycles. The summed E-state index contributed by atoms with van der Waals surface area (Å²) >= 11 is 1.50. The number of hydrogen-bond donors (Lipinski definition) is 0. The lowest BCUT2D eigenvalue weighted by Gasteiger charge is -2.14. The standard InChI is InChI=1S/C21H21N3O4S/c1-27-20-10-3-2-9-18(20)22-21-23(13-17-8-5-11-28-17)19(14-29-21)15-6-4-7-16(12-15)24(25)26/h2-4,6-7,9-10,12,14,17H,5,8,11,13H2,1H3. The summed E-state index contributed by atoms with van der Waals surface area (Å²) in [5.74, 6) is 0.696. The highest BCUT2D eigenvalue weighted by Gasteiger charge is 2.20. The Morgan fingerprint density at radius 3 is 2.93 bits per heavy atom. The number of methoxy groups -OCH3 is 1. The first-order valence-corrected chi connectivity index (χ1v) is 10.3. The van der Waals surface area contributed by atoms with Crippen molar-refractivity contribution in [2.24, 2.45) is 4.99 Å². The molecule has 1 fully saturated rings. The first-order valence-electron chi connectivity index (χ1n) is 9.38. The summed E-state index contributed by atoms with van der Waals surface area (Å²) in [5, 5.41) is 13.2. The predicted molar refractivity (Wildman–Crippen MR) is 112 cm³/mol. The molecule has 1 saturated heterocycles. The Morgan fingerprint density at radius 1 is 1.31 bits per heavy atom. The van der Waals surface area contributed by atoms with E-state index in [1.165, 1.54) is 17.4 Å². The van der Waals surface area contributed by atoms with Crippen molar-refractivity contribution in [2.45, 2.75) is 25.5 Å². The topological polar surface area (TPSA) is 78.9 Å². The van der Waals surface area contributed by atoms with Gasteiger partial charge in [-0.05, 0) is 25.0 Å². The Kier molecular flexibility index (Phi) is 5.73. The molecule has 0 bridgehead atoms. The first kappa shape index (κ1) is 19.4. The van der Waals surface area contributed by atoms with E-state index in [-0.39, 0.29) is 16.7 Å². The maximum absolute atomic E-state index is 11.2. The molecule has 8 heteroatoms. The zero-order chi connectivity index (χ0) is 20.2. The molecule has 0 saturated carbocycles. The van der Waals surface area contributed by atoms with E-state index in [1.54, 1.807) is 19.2 Å². The van der Waals surface area contributed by atoms with Crippen molar-refractivity contribution < 1.29 is 14.4 Å². The summed E-state index contributed by atoms with van der Waals surface area (Å²) in [7, 11) is 1.62. The molecule has 0 aliphatic carbocycles. The second kappa shape index (κ2) is 8.59. The van der Waals surface area contributed by atoms with Crippen molar-refractivity contribution >= 4 is 22.7 Å². The van der Waals surface area contributed by atoms with Crippen LogP contribution >= 0.6 is 11.3 Å². The molecule has 1 aliphatic heterocycles. The van der Waals surface area contributed by atoms with Gasteiger partial charge in [-0.3, -0.25) is 10.1 Å². The minimum Gasteiger partial charge on any atom is -0.494 e. The molecule has 0 radical (unpaired) electrons. The average Bonchev–Trinajstić information content (AvgIpc) is 3.39. The number of rotatable bonds is 6. The monoisotopic (exact) mass is 411 g/mol. The molecule has 150 valence electrons. The van der Waals surface area contributed by atoms with Crippen molar-refractivity contribution in [2.75, 3.05) is 13.7 Å². The van der Waals surface area contributed by atoms with Gasteiger partial charge in [0.1, 0.15) is 11.4 Å². The van der Waals surface area contributed by atoms with Gasteiger partial charge in [-0.25, -0.2) is 4.99 Å². The van der Waals surface area contributed by atoms with Crippen LogP contribution in [0.25, 0.3) is 11.3 Å². The quantitative estimate of drug-likeness (QED) is 0.440. The van der Waals surface area contributed by atoms with Gasteiger partial charge in [0.05, 0.1) is 30.4 Å². The van der Waals surface area contributed by atoms with Crippen LogP contribution < -0.4 is 9.54 Å². The van der Waals surface area contributed by atoms with Gasteiger partial charge in [-0.15, -0.1) is 11.3 Å². The van der Waals surface area contributed by atoms with Gasteiger partial charge in [-0.2, -0.15) is 0 Å². The van der Waals surface area contributed by atoms with Crippen LogP contribution in [0.5, 0.6) is 5.75 Å². The maximum atomic E-state index is 11.2. The van der Waals surface area contributed by atoms with Crippen LogP contribution in [0.3, 0.4) is 0 Å². The van der Waals surface area contributed by atoms with E-state index in [9.17, 15) is 10.1 Å². The third-order valence-corrected chi connectivity index (χ3v) is 5.73. The van der Waals surface area contributed by atoms with Crippen LogP contribution in [0.1, 0.15) is 12.8 Å². The number of nitro groups is 1.